The maximum Gasteiger partial charge on any atom is 0.252 e. The molecule has 0 unspecified atom stereocenters. The molecular weight excluding hydrogens is 302 g/mol. The lowest BCUT2D eigenvalue weighted by Crippen LogP contribution is -2.23. The van der Waals surface area contributed by atoms with Gasteiger partial charge in [-0.3, -0.25) is 14.9 Å². The van der Waals surface area contributed by atoms with Gasteiger partial charge in [0.15, 0.2) is 0 Å². The van der Waals surface area contributed by atoms with Gasteiger partial charge in [-0.1, -0.05) is 0 Å². The second-order valence-corrected chi connectivity index (χ2v) is 4.85. The van der Waals surface area contributed by atoms with E-state index in [0.717, 1.165) is 0 Å². The molecule has 2 aromatic rings. The third-order valence-corrected chi connectivity index (χ3v) is 3.47. The first-order chi connectivity index (χ1) is 11.1. The number of nitrogens with zero attached hydrogens (tertiary/aromatic N) is 3. The lowest BCUT2D eigenvalue weighted by atomic mass is 10.2. The van der Waals surface area contributed by atoms with Crippen LogP contribution in [0.2, 0.25) is 0 Å². The van der Waals surface area contributed by atoms with Crippen LogP contribution in [-0.2, 0) is 9.59 Å². The molecule has 0 saturated heterocycles. The quantitative estimate of drug-likeness (QED) is 0.845. The summed E-state index contributed by atoms with van der Waals surface area (Å²) >= 11 is 0. The van der Waals surface area contributed by atoms with E-state index in [1.165, 1.54) is 18.1 Å². The number of carbonyl (C=O) groups is 2. The van der Waals surface area contributed by atoms with Crippen molar-refractivity contribution in [1.82, 2.24) is 14.8 Å². The molecule has 1 aromatic carbocycles. The van der Waals surface area contributed by atoms with Crippen molar-refractivity contribution in [1.29, 1.82) is 0 Å². The third-order valence-electron chi connectivity index (χ3n) is 3.47. The second kappa shape index (κ2) is 5.95. The average molecular weight is 317 g/mol. The number of methoxy groups -OCH3 is 2. The predicted octanol–water partition coefficient (Wildman–Crippen LogP) is 0.817. The maximum absolute atomic E-state index is 12.2. The minimum atomic E-state index is -0.711. The molecule has 0 fully saturated rings. The molecule has 0 radical (unpaired) electrons. The number of fused-ring (bicyclic) bond motifs is 1. The Labute approximate surface area is 131 Å². The Hall–Kier alpha value is -3.10. The predicted molar refractivity (Wildman–Crippen MR) is 80.5 cm³/mol. The Bertz CT molecular complexity index is 757. The molecule has 2 heterocycles. The summed E-state index contributed by atoms with van der Waals surface area (Å²) in [5, 5.41) is 9.23. The Morgan fingerprint density at radius 2 is 2.22 bits per heavy atom. The fourth-order valence-electron chi connectivity index (χ4n) is 2.33. The lowest BCUT2D eigenvalue weighted by Gasteiger charge is -2.13. The zero-order valence-corrected chi connectivity index (χ0v) is 12.6. The van der Waals surface area contributed by atoms with Gasteiger partial charge in [-0.25, -0.2) is 4.68 Å². The van der Waals surface area contributed by atoms with E-state index >= 15 is 0 Å². The number of amides is 2. The Morgan fingerprint density at radius 3 is 2.96 bits per heavy atom. The summed E-state index contributed by atoms with van der Waals surface area (Å²) in [5.41, 5.74) is 0.496. The number of carbonyl (C=O) groups excluding carboxylic acids is 2. The maximum atomic E-state index is 12.2. The fourth-order valence-corrected chi connectivity index (χ4v) is 2.33. The molecule has 0 saturated carbocycles. The van der Waals surface area contributed by atoms with Crippen LogP contribution in [0.4, 0.5) is 11.6 Å². The molecule has 23 heavy (non-hydrogen) atoms. The Kier molecular flexibility index (Phi) is 3.83. The first-order valence-electron chi connectivity index (χ1n) is 6.84. The van der Waals surface area contributed by atoms with Crippen molar-refractivity contribution in [2.75, 3.05) is 24.9 Å². The van der Waals surface area contributed by atoms with Crippen molar-refractivity contribution >= 4 is 23.5 Å². The van der Waals surface area contributed by atoms with Gasteiger partial charge in [-0.05, 0) is 12.1 Å². The molecule has 1 aliphatic heterocycles. The van der Waals surface area contributed by atoms with Crippen molar-refractivity contribution in [3.05, 3.63) is 24.5 Å². The van der Waals surface area contributed by atoms with Crippen molar-refractivity contribution in [3.63, 3.8) is 0 Å². The van der Waals surface area contributed by atoms with Gasteiger partial charge in [0.2, 0.25) is 11.9 Å². The molecule has 120 valence electrons. The first-order valence-corrected chi connectivity index (χ1v) is 6.84. The summed E-state index contributed by atoms with van der Waals surface area (Å²) in [7, 11) is 3.04. The molecule has 9 heteroatoms. The van der Waals surface area contributed by atoms with Gasteiger partial charge >= 0.3 is 0 Å². The van der Waals surface area contributed by atoms with Gasteiger partial charge in [0.25, 0.3) is 5.91 Å². The molecule has 9 nitrogen and oxygen atoms in total. The molecule has 0 aliphatic carbocycles. The van der Waals surface area contributed by atoms with E-state index < -0.39 is 6.04 Å². The molecular formula is C14H15N5O4. The molecule has 1 aromatic heterocycles. The summed E-state index contributed by atoms with van der Waals surface area (Å²) in [5.74, 6) is 0.779. The zero-order chi connectivity index (χ0) is 16.4. The molecule has 0 bridgehead atoms. The minimum Gasteiger partial charge on any atom is -0.497 e. The van der Waals surface area contributed by atoms with Crippen molar-refractivity contribution in [3.8, 4) is 11.5 Å². The van der Waals surface area contributed by atoms with Crippen LogP contribution in [0.3, 0.4) is 0 Å². The van der Waals surface area contributed by atoms with Crippen molar-refractivity contribution < 1.29 is 19.1 Å². The van der Waals surface area contributed by atoms with Crippen LogP contribution in [0, 0.1) is 0 Å². The molecule has 2 N–H and O–H groups in total. The summed E-state index contributed by atoms with van der Waals surface area (Å²) in [6, 6.07) is 4.32. The summed E-state index contributed by atoms with van der Waals surface area (Å²) in [6.45, 7) is 0. The molecule has 1 aliphatic rings. The van der Waals surface area contributed by atoms with Crippen LogP contribution in [-0.4, -0.2) is 40.8 Å². The summed E-state index contributed by atoms with van der Waals surface area (Å²) in [4.78, 5) is 28.0. The number of ether oxygens (including phenoxy) is 2. The van der Waals surface area contributed by atoms with E-state index in [9.17, 15) is 9.59 Å². The van der Waals surface area contributed by atoms with Crippen LogP contribution in [0.15, 0.2) is 24.5 Å². The van der Waals surface area contributed by atoms with Gasteiger partial charge in [-0.2, -0.15) is 10.1 Å². The number of aromatic nitrogens is 3. The Balaban J connectivity index is 1.72. The molecule has 2 amide bonds. The van der Waals surface area contributed by atoms with Crippen LogP contribution in [0.5, 0.6) is 11.5 Å². The van der Waals surface area contributed by atoms with Gasteiger partial charge in [-0.15, -0.1) is 0 Å². The lowest BCUT2D eigenvalue weighted by molar-refractivity contribution is -0.123. The highest BCUT2D eigenvalue weighted by Gasteiger charge is 2.33. The van der Waals surface area contributed by atoms with Crippen LogP contribution < -0.4 is 20.1 Å². The Morgan fingerprint density at radius 1 is 1.39 bits per heavy atom. The monoisotopic (exact) mass is 317 g/mol. The van der Waals surface area contributed by atoms with Gasteiger partial charge in [0.05, 0.1) is 26.3 Å². The number of benzene rings is 1. The average Bonchev–Trinajstić information content (AvgIpc) is 3.10. The number of hydrogen-bond donors (Lipinski definition) is 2. The van der Waals surface area contributed by atoms with Gasteiger partial charge in [0.1, 0.15) is 23.9 Å². The van der Waals surface area contributed by atoms with Gasteiger partial charge < -0.3 is 14.8 Å². The second-order valence-electron chi connectivity index (χ2n) is 4.85. The smallest absolute Gasteiger partial charge is 0.252 e. The number of nitrogens with one attached hydrogen (secondary N) is 2. The largest absolute Gasteiger partial charge is 0.497 e. The highest BCUT2D eigenvalue weighted by molar-refractivity contribution is 6.01. The zero-order valence-electron chi connectivity index (χ0n) is 12.6. The SMILES string of the molecule is COc1ccc(NC(=O)C[C@@H]2C(=O)Nc3ncnn32)c(OC)c1. The fraction of sp³-hybridized carbons (Fsp3) is 0.286. The number of anilines is 2. The van der Waals surface area contributed by atoms with E-state index in [4.69, 9.17) is 9.47 Å². The summed E-state index contributed by atoms with van der Waals surface area (Å²) < 4.78 is 11.7. The van der Waals surface area contributed by atoms with E-state index in [0.29, 0.717) is 23.1 Å². The van der Waals surface area contributed by atoms with Gasteiger partial charge in [0, 0.05) is 6.07 Å². The highest BCUT2D eigenvalue weighted by atomic mass is 16.5. The highest BCUT2D eigenvalue weighted by Crippen LogP contribution is 2.30. The van der Waals surface area contributed by atoms with E-state index in [2.05, 4.69) is 20.7 Å². The van der Waals surface area contributed by atoms with Crippen LogP contribution in [0.1, 0.15) is 12.5 Å². The first kappa shape index (κ1) is 14.8. The molecule has 1 atom stereocenters. The molecule has 0 spiro atoms. The van der Waals surface area contributed by atoms with E-state index in [1.807, 2.05) is 0 Å². The van der Waals surface area contributed by atoms with E-state index in [1.54, 1.807) is 25.3 Å². The van der Waals surface area contributed by atoms with E-state index in [-0.39, 0.29) is 18.2 Å². The topological polar surface area (TPSA) is 107 Å². The standard InChI is InChI=1S/C14H15N5O4/c1-22-8-3-4-9(11(5-8)23-2)17-12(20)6-10-13(21)18-14-15-7-16-19(10)14/h3-5,7,10H,6H2,1-2H3,(H,17,20)(H,15,16,18,21)/t10-/m1/s1. The number of rotatable bonds is 5. The van der Waals surface area contributed by atoms with Crippen LogP contribution in [0.25, 0.3) is 0 Å². The normalized spacial score (nSPS) is 15.7. The summed E-state index contributed by atoms with van der Waals surface area (Å²) in [6.07, 6.45) is 1.27. The number of hydrogen-bond acceptors (Lipinski definition) is 6. The van der Waals surface area contributed by atoms with Crippen molar-refractivity contribution in [2.45, 2.75) is 12.5 Å². The van der Waals surface area contributed by atoms with Crippen LogP contribution >= 0.6 is 0 Å². The molecule has 3 rings (SSSR count). The third kappa shape index (κ3) is 2.80. The van der Waals surface area contributed by atoms with Crippen molar-refractivity contribution in [2.24, 2.45) is 0 Å². The minimum absolute atomic E-state index is 0.0582.